The van der Waals surface area contributed by atoms with E-state index in [0.717, 1.165) is 38.6 Å². The zero-order valence-corrected chi connectivity index (χ0v) is 18.5. The molecule has 0 aliphatic rings. The Hall–Kier alpha value is -4.71. The van der Waals surface area contributed by atoms with Crippen molar-refractivity contribution in [2.24, 2.45) is 0 Å². The normalized spacial score (nSPS) is 11.3. The number of carboxylic acids is 1. The first kappa shape index (κ1) is 20.9. The standard InChI is InChI=1S/C29H19FN2O3/c30-21-14-12-19(13-15-21)25-16-26(32(31-25)17-28(33)34)20-10-8-18(9-11-20)22-5-3-6-24-23-4-1-2-7-27(23)35-29(22)24/h1-16H,17H2,(H,33,34). The minimum atomic E-state index is -0.992. The van der Waals surface area contributed by atoms with E-state index in [1.165, 1.54) is 16.8 Å². The fourth-order valence-electron chi connectivity index (χ4n) is 4.45. The minimum Gasteiger partial charge on any atom is -0.480 e. The molecule has 0 fully saturated rings. The van der Waals surface area contributed by atoms with Crippen molar-refractivity contribution < 1.29 is 18.7 Å². The van der Waals surface area contributed by atoms with E-state index in [0.29, 0.717) is 17.0 Å². The van der Waals surface area contributed by atoms with Crippen LogP contribution in [-0.2, 0) is 11.3 Å². The lowest BCUT2D eigenvalue weighted by molar-refractivity contribution is -0.137. The molecule has 0 bridgehead atoms. The van der Waals surface area contributed by atoms with Crippen LogP contribution in [0.2, 0.25) is 0 Å². The summed E-state index contributed by atoms with van der Waals surface area (Å²) in [5, 5.41) is 16.0. The molecule has 6 aromatic rings. The van der Waals surface area contributed by atoms with Crippen LogP contribution < -0.4 is 0 Å². The summed E-state index contributed by atoms with van der Waals surface area (Å²) in [4.78, 5) is 11.5. The van der Waals surface area contributed by atoms with E-state index in [1.807, 2.05) is 60.7 Å². The van der Waals surface area contributed by atoms with Crippen molar-refractivity contribution in [3.63, 3.8) is 0 Å². The number of furan rings is 1. The summed E-state index contributed by atoms with van der Waals surface area (Å²) in [6, 6.07) is 29.8. The van der Waals surface area contributed by atoms with Crippen molar-refractivity contribution >= 4 is 27.9 Å². The van der Waals surface area contributed by atoms with E-state index in [2.05, 4.69) is 17.2 Å². The van der Waals surface area contributed by atoms with Crippen LogP contribution in [0.4, 0.5) is 4.39 Å². The summed E-state index contributed by atoms with van der Waals surface area (Å²) in [7, 11) is 0. The highest BCUT2D eigenvalue weighted by molar-refractivity contribution is 6.09. The number of fused-ring (bicyclic) bond motifs is 3. The maximum atomic E-state index is 13.3. The molecule has 2 heterocycles. The number of carboxylic acid groups (broad SMARTS) is 1. The van der Waals surface area contributed by atoms with Crippen molar-refractivity contribution in [3.8, 4) is 33.6 Å². The molecule has 0 atom stereocenters. The fourth-order valence-corrected chi connectivity index (χ4v) is 4.45. The van der Waals surface area contributed by atoms with E-state index >= 15 is 0 Å². The number of hydrogen-bond donors (Lipinski definition) is 1. The SMILES string of the molecule is O=C(O)Cn1nc(-c2ccc(F)cc2)cc1-c1ccc(-c2cccc3c2oc2ccccc23)cc1. The summed E-state index contributed by atoms with van der Waals surface area (Å²) >= 11 is 0. The molecule has 6 heteroatoms. The van der Waals surface area contributed by atoms with Gasteiger partial charge in [-0.25, -0.2) is 4.39 Å². The van der Waals surface area contributed by atoms with Crippen LogP contribution in [-0.4, -0.2) is 20.9 Å². The Labute approximate surface area is 199 Å². The highest BCUT2D eigenvalue weighted by Gasteiger charge is 2.16. The summed E-state index contributed by atoms with van der Waals surface area (Å²) in [5.74, 6) is -1.33. The Balaban J connectivity index is 1.42. The zero-order chi connectivity index (χ0) is 23.9. The molecule has 170 valence electrons. The van der Waals surface area contributed by atoms with Gasteiger partial charge in [-0.05, 0) is 47.5 Å². The maximum Gasteiger partial charge on any atom is 0.325 e. The average Bonchev–Trinajstić information content (AvgIpc) is 3.46. The van der Waals surface area contributed by atoms with E-state index in [-0.39, 0.29) is 12.4 Å². The number of aliphatic carboxylic acids is 1. The molecule has 35 heavy (non-hydrogen) atoms. The predicted molar refractivity (Wildman–Crippen MR) is 133 cm³/mol. The predicted octanol–water partition coefficient (Wildman–Crippen LogP) is 7.01. The number of aromatic nitrogens is 2. The second-order valence-electron chi connectivity index (χ2n) is 8.33. The average molecular weight is 462 g/mol. The summed E-state index contributed by atoms with van der Waals surface area (Å²) in [5.41, 5.74) is 6.43. The quantitative estimate of drug-likeness (QED) is 0.299. The largest absolute Gasteiger partial charge is 0.480 e. The monoisotopic (exact) mass is 462 g/mol. The Morgan fingerprint density at radius 1 is 0.829 bits per heavy atom. The van der Waals surface area contributed by atoms with Crippen LogP contribution in [0.15, 0.2) is 101 Å². The Bertz CT molecular complexity index is 1700. The number of carbonyl (C=O) groups is 1. The van der Waals surface area contributed by atoms with E-state index in [4.69, 9.17) is 4.42 Å². The Morgan fingerprint density at radius 2 is 1.51 bits per heavy atom. The lowest BCUT2D eigenvalue weighted by atomic mass is 10.00. The van der Waals surface area contributed by atoms with E-state index < -0.39 is 5.97 Å². The summed E-state index contributed by atoms with van der Waals surface area (Å²) in [6.45, 7) is -0.281. The molecule has 4 aromatic carbocycles. The second kappa shape index (κ2) is 8.25. The van der Waals surface area contributed by atoms with Crippen molar-refractivity contribution in [2.75, 3.05) is 0 Å². The van der Waals surface area contributed by atoms with Gasteiger partial charge >= 0.3 is 5.97 Å². The minimum absolute atomic E-state index is 0.281. The van der Waals surface area contributed by atoms with Crippen LogP contribution in [0.5, 0.6) is 0 Å². The van der Waals surface area contributed by atoms with Crippen molar-refractivity contribution in [2.45, 2.75) is 6.54 Å². The van der Waals surface area contributed by atoms with Gasteiger partial charge in [-0.15, -0.1) is 0 Å². The first-order valence-corrected chi connectivity index (χ1v) is 11.1. The molecule has 0 aliphatic carbocycles. The van der Waals surface area contributed by atoms with Gasteiger partial charge in [0.25, 0.3) is 0 Å². The highest BCUT2D eigenvalue weighted by Crippen LogP contribution is 2.36. The van der Waals surface area contributed by atoms with Gasteiger partial charge in [-0.1, -0.05) is 60.7 Å². The van der Waals surface area contributed by atoms with Gasteiger partial charge in [0.1, 0.15) is 23.5 Å². The number of nitrogens with zero attached hydrogens (tertiary/aromatic N) is 2. The van der Waals surface area contributed by atoms with Crippen LogP contribution in [0.25, 0.3) is 55.6 Å². The van der Waals surface area contributed by atoms with Crippen LogP contribution in [0.3, 0.4) is 0 Å². The van der Waals surface area contributed by atoms with E-state index in [1.54, 1.807) is 12.1 Å². The molecular weight excluding hydrogens is 443 g/mol. The van der Waals surface area contributed by atoms with Gasteiger partial charge in [0.15, 0.2) is 0 Å². The van der Waals surface area contributed by atoms with Gasteiger partial charge in [0, 0.05) is 21.9 Å². The summed E-state index contributed by atoms with van der Waals surface area (Å²) in [6.07, 6.45) is 0. The molecule has 0 unspecified atom stereocenters. The van der Waals surface area contributed by atoms with Crippen LogP contribution in [0, 0.1) is 5.82 Å². The third-order valence-electron chi connectivity index (χ3n) is 6.10. The van der Waals surface area contributed by atoms with Crippen molar-refractivity contribution in [3.05, 3.63) is 103 Å². The Kier molecular flexibility index (Phi) is 4.92. The van der Waals surface area contributed by atoms with Crippen molar-refractivity contribution in [1.29, 1.82) is 0 Å². The highest BCUT2D eigenvalue weighted by atomic mass is 19.1. The third-order valence-corrected chi connectivity index (χ3v) is 6.10. The lowest BCUT2D eigenvalue weighted by Crippen LogP contribution is -2.11. The van der Waals surface area contributed by atoms with Crippen LogP contribution >= 0.6 is 0 Å². The third kappa shape index (κ3) is 3.75. The van der Waals surface area contributed by atoms with E-state index in [9.17, 15) is 14.3 Å². The van der Waals surface area contributed by atoms with Gasteiger partial charge in [0.2, 0.25) is 0 Å². The molecule has 0 saturated carbocycles. The Morgan fingerprint density at radius 3 is 2.29 bits per heavy atom. The van der Waals surface area contributed by atoms with Gasteiger partial charge in [-0.3, -0.25) is 9.48 Å². The molecular formula is C29H19FN2O3. The van der Waals surface area contributed by atoms with Crippen LogP contribution in [0.1, 0.15) is 0 Å². The topological polar surface area (TPSA) is 68.3 Å². The zero-order valence-electron chi connectivity index (χ0n) is 18.5. The smallest absolute Gasteiger partial charge is 0.325 e. The lowest BCUT2D eigenvalue weighted by Gasteiger charge is -2.07. The number of para-hydroxylation sites is 2. The number of halogens is 1. The number of benzene rings is 4. The molecule has 0 aliphatic heterocycles. The second-order valence-corrected chi connectivity index (χ2v) is 8.33. The molecule has 0 saturated heterocycles. The van der Waals surface area contributed by atoms with Gasteiger partial charge in [-0.2, -0.15) is 5.10 Å². The molecule has 2 aromatic heterocycles. The summed E-state index contributed by atoms with van der Waals surface area (Å²) < 4.78 is 21.0. The molecule has 0 amide bonds. The number of rotatable bonds is 5. The molecule has 5 nitrogen and oxygen atoms in total. The fraction of sp³-hybridized carbons (Fsp3) is 0.0345. The first-order valence-electron chi connectivity index (χ1n) is 11.1. The number of hydrogen-bond acceptors (Lipinski definition) is 3. The van der Waals surface area contributed by atoms with Crippen molar-refractivity contribution in [1.82, 2.24) is 9.78 Å². The molecule has 6 rings (SSSR count). The molecule has 0 spiro atoms. The maximum absolute atomic E-state index is 13.3. The molecule has 0 radical (unpaired) electrons. The first-order chi connectivity index (χ1) is 17.1. The molecule has 1 N–H and O–H groups in total. The van der Waals surface area contributed by atoms with Gasteiger partial charge < -0.3 is 9.52 Å². The van der Waals surface area contributed by atoms with Gasteiger partial charge in [0.05, 0.1) is 11.4 Å².